The third kappa shape index (κ3) is 3.96. The van der Waals surface area contributed by atoms with Gasteiger partial charge in [-0.1, -0.05) is 18.2 Å². The van der Waals surface area contributed by atoms with Crippen molar-refractivity contribution in [1.82, 2.24) is 4.72 Å². The van der Waals surface area contributed by atoms with Crippen LogP contribution in [-0.4, -0.2) is 20.1 Å². The molecule has 0 radical (unpaired) electrons. The number of aromatic hydroxyl groups is 1. The van der Waals surface area contributed by atoms with Gasteiger partial charge in [-0.15, -0.1) is 0 Å². The number of rotatable bonds is 5. The van der Waals surface area contributed by atoms with Crippen LogP contribution in [0.1, 0.15) is 11.1 Å². The van der Waals surface area contributed by atoms with Crippen molar-refractivity contribution in [1.29, 1.82) is 0 Å². The average Bonchev–Trinajstić information content (AvgIpc) is 2.44. The van der Waals surface area contributed by atoms with E-state index in [9.17, 15) is 13.5 Å². The Morgan fingerprint density at radius 1 is 1.14 bits per heavy atom. The molecule has 4 N–H and O–H groups in total. The Kier molecular flexibility index (Phi) is 4.50. The Morgan fingerprint density at radius 3 is 2.43 bits per heavy atom. The lowest BCUT2D eigenvalue weighted by Gasteiger charge is -2.08. The Labute approximate surface area is 124 Å². The first-order chi connectivity index (χ1) is 9.88. The maximum atomic E-state index is 12.1. The van der Waals surface area contributed by atoms with Crippen LogP contribution in [0.2, 0.25) is 0 Å². The van der Waals surface area contributed by atoms with Gasteiger partial charge >= 0.3 is 0 Å². The maximum Gasteiger partial charge on any atom is 0.240 e. The fourth-order valence-electron chi connectivity index (χ4n) is 1.86. The lowest BCUT2D eigenvalue weighted by molar-refractivity contribution is 0.475. The van der Waals surface area contributed by atoms with Crippen LogP contribution in [0.3, 0.4) is 0 Å². The predicted molar refractivity (Wildman–Crippen MR) is 82.6 cm³/mol. The predicted octanol–water partition coefficient (Wildman–Crippen LogP) is 1.80. The first-order valence-corrected chi connectivity index (χ1v) is 8.00. The third-order valence-electron chi connectivity index (χ3n) is 3.20. The summed E-state index contributed by atoms with van der Waals surface area (Å²) in [5, 5.41) is 9.19. The highest BCUT2D eigenvalue weighted by molar-refractivity contribution is 7.89. The van der Waals surface area contributed by atoms with Gasteiger partial charge in [-0.05, 0) is 48.7 Å². The molecule has 112 valence electrons. The van der Waals surface area contributed by atoms with Crippen molar-refractivity contribution in [3.63, 3.8) is 0 Å². The zero-order chi connectivity index (χ0) is 15.5. The number of anilines is 1. The van der Waals surface area contributed by atoms with Gasteiger partial charge in [-0.2, -0.15) is 0 Å². The van der Waals surface area contributed by atoms with Crippen molar-refractivity contribution in [2.24, 2.45) is 0 Å². The van der Waals surface area contributed by atoms with Gasteiger partial charge in [0.2, 0.25) is 10.0 Å². The zero-order valence-electron chi connectivity index (χ0n) is 11.7. The second kappa shape index (κ2) is 6.15. The summed E-state index contributed by atoms with van der Waals surface area (Å²) in [7, 11) is -3.56. The average molecular weight is 306 g/mol. The molecule has 0 fully saturated rings. The summed E-state index contributed by atoms with van der Waals surface area (Å²) >= 11 is 0. The number of aryl methyl sites for hydroxylation is 1. The van der Waals surface area contributed by atoms with Crippen molar-refractivity contribution in [2.75, 3.05) is 12.3 Å². The van der Waals surface area contributed by atoms with Gasteiger partial charge in [0.25, 0.3) is 0 Å². The molecule has 6 heteroatoms. The summed E-state index contributed by atoms with van der Waals surface area (Å²) in [6.07, 6.45) is 0.543. The van der Waals surface area contributed by atoms with E-state index < -0.39 is 10.0 Å². The monoisotopic (exact) mass is 306 g/mol. The number of phenols is 1. The summed E-state index contributed by atoms with van der Waals surface area (Å²) in [5.74, 6) is 0.189. The van der Waals surface area contributed by atoms with Crippen molar-refractivity contribution in [3.8, 4) is 5.75 Å². The molecule has 5 nitrogen and oxygen atoms in total. The van der Waals surface area contributed by atoms with Crippen LogP contribution in [-0.2, 0) is 16.4 Å². The second-order valence-corrected chi connectivity index (χ2v) is 6.60. The molecule has 0 amide bonds. The van der Waals surface area contributed by atoms with E-state index in [0.717, 1.165) is 11.1 Å². The number of hydrogen-bond donors (Lipinski definition) is 3. The van der Waals surface area contributed by atoms with Gasteiger partial charge in [-0.25, -0.2) is 13.1 Å². The van der Waals surface area contributed by atoms with E-state index in [1.807, 2.05) is 6.92 Å². The summed E-state index contributed by atoms with van der Waals surface area (Å²) in [6.45, 7) is 2.10. The molecular formula is C15H18N2O3S. The normalized spacial score (nSPS) is 11.5. The number of nitrogens with two attached hydrogens (primary N) is 1. The quantitative estimate of drug-likeness (QED) is 0.734. The Morgan fingerprint density at radius 2 is 1.81 bits per heavy atom. The van der Waals surface area contributed by atoms with E-state index in [2.05, 4.69) is 4.72 Å². The highest BCUT2D eigenvalue weighted by Gasteiger charge is 2.14. The van der Waals surface area contributed by atoms with E-state index >= 15 is 0 Å². The first kappa shape index (κ1) is 15.3. The lowest BCUT2D eigenvalue weighted by atomic mass is 10.1. The van der Waals surface area contributed by atoms with Crippen molar-refractivity contribution < 1.29 is 13.5 Å². The molecule has 21 heavy (non-hydrogen) atoms. The molecular weight excluding hydrogens is 288 g/mol. The molecule has 2 aromatic rings. The smallest absolute Gasteiger partial charge is 0.240 e. The molecule has 0 spiro atoms. The van der Waals surface area contributed by atoms with E-state index in [0.29, 0.717) is 12.1 Å². The number of sulfonamides is 1. The maximum absolute atomic E-state index is 12.1. The standard InChI is InChI=1S/C15H18N2O3S/c1-11-2-7-14(10-15(11)16)21(19,20)17-9-8-12-3-5-13(18)6-4-12/h2-7,10,17-18H,8-9,16H2,1H3. The number of nitrogens with one attached hydrogen (secondary N) is 1. The topological polar surface area (TPSA) is 92.4 Å². The van der Waals surface area contributed by atoms with Crippen LogP contribution in [0, 0.1) is 6.92 Å². The van der Waals surface area contributed by atoms with Crippen LogP contribution in [0.15, 0.2) is 47.4 Å². The Bertz CT molecular complexity index is 725. The molecule has 0 saturated carbocycles. The van der Waals surface area contributed by atoms with Crippen LogP contribution < -0.4 is 10.5 Å². The number of benzene rings is 2. The molecule has 2 aromatic carbocycles. The van der Waals surface area contributed by atoms with Crippen LogP contribution in [0.25, 0.3) is 0 Å². The first-order valence-electron chi connectivity index (χ1n) is 6.52. The van der Waals surface area contributed by atoms with Gasteiger partial charge in [0.15, 0.2) is 0 Å². The van der Waals surface area contributed by atoms with Gasteiger partial charge in [0.05, 0.1) is 4.90 Å². The zero-order valence-corrected chi connectivity index (χ0v) is 12.5. The summed E-state index contributed by atoms with van der Waals surface area (Å²) < 4.78 is 26.8. The SMILES string of the molecule is Cc1ccc(S(=O)(=O)NCCc2ccc(O)cc2)cc1N. The molecule has 0 atom stereocenters. The summed E-state index contributed by atoms with van der Waals surface area (Å²) in [5.41, 5.74) is 7.98. The highest BCUT2D eigenvalue weighted by atomic mass is 32.2. The molecule has 0 aliphatic heterocycles. The summed E-state index contributed by atoms with van der Waals surface area (Å²) in [4.78, 5) is 0.163. The van der Waals surface area contributed by atoms with Crippen molar-refractivity contribution in [3.05, 3.63) is 53.6 Å². The lowest BCUT2D eigenvalue weighted by Crippen LogP contribution is -2.26. The second-order valence-electron chi connectivity index (χ2n) is 4.83. The number of phenolic OH excluding ortho intramolecular Hbond substituents is 1. The Balaban J connectivity index is 2.01. The molecule has 0 aliphatic rings. The minimum atomic E-state index is -3.56. The van der Waals surface area contributed by atoms with Gasteiger partial charge in [0.1, 0.15) is 5.75 Å². The van der Waals surface area contributed by atoms with E-state index in [1.54, 1.807) is 30.3 Å². The molecule has 0 bridgehead atoms. The number of hydrogen-bond acceptors (Lipinski definition) is 4. The largest absolute Gasteiger partial charge is 0.508 e. The van der Waals surface area contributed by atoms with Crippen LogP contribution in [0.4, 0.5) is 5.69 Å². The molecule has 0 saturated heterocycles. The van der Waals surface area contributed by atoms with Crippen molar-refractivity contribution >= 4 is 15.7 Å². The van der Waals surface area contributed by atoms with E-state index in [-0.39, 0.29) is 17.2 Å². The minimum absolute atomic E-state index is 0.163. The van der Waals surface area contributed by atoms with E-state index in [4.69, 9.17) is 5.73 Å². The molecule has 0 aliphatic carbocycles. The molecule has 0 aromatic heterocycles. The number of nitrogen functional groups attached to an aromatic ring is 1. The van der Waals surface area contributed by atoms with Crippen molar-refractivity contribution in [2.45, 2.75) is 18.2 Å². The molecule has 0 heterocycles. The van der Waals surface area contributed by atoms with Crippen LogP contribution >= 0.6 is 0 Å². The Hall–Kier alpha value is -2.05. The van der Waals surface area contributed by atoms with E-state index in [1.165, 1.54) is 12.1 Å². The molecule has 0 unspecified atom stereocenters. The fraction of sp³-hybridized carbons (Fsp3) is 0.200. The van der Waals surface area contributed by atoms with Gasteiger partial charge in [-0.3, -0.25) is 0 Å². The summed E-state index contributed by atoms with van der Waals surface area (Å²) in [6, 6.07) is 11.3. The minimum Gasteiger partial charge on any atom is -0.508 e. The van der Waals surface area contributed by atoms with Crippen LogP contribution in [0.5, 0.6) is 5.75 Å². The van der Waals surface area contributed by atoms with Gasteiger partial charge < -0.3 is 10.8 Å². The third-order valence-corrected chi connectivity index (χ3v) is 4.66. The fourth-order valence-corrected chi connectivity index (χ4v) is 2.93. The molecule has 2 rings (SSSR count). The highest BCUT2D eigenvalue weighted by Crippen LogP contribution is 2.17. The van der Waals surface area contributed by atoms with Gasteiger partial charge in [0, 0.05) is 12.2 Å².